The number of hydrogen-bond acceptors (Lipinski definition) is 4. The SMILES string of the molecule is CN1CCN(c2cccc(C(=O)Cl)n2)CC1. The molecule has 1 fully saturated rings. The number of pyridine rings is 1. The van der Waals surface area contributed by atoms with Crippen LogP contribution in [0.3, 0.4) is 0 Å². The molecule has 0 aromatic carbocycles. The highest BCUT2D eigenvalue weighted by atomic mass is 35.5. The quantitative estimate of drug-likeness (QED) is 0.727. The number of aromatic nitrogens is 1. The van der Waals surface area contributed by atoms with Crippen LogP contribution in [0.1, 0.15) is 10.5 Å². The zero-order chi connectivity index (χ0) is 11.5. The molecule has 0 amide bonds. The first kappa shape index (κ1) is 11.4. The molecule has 0 N–H and O–H groups in total. The molecule has 0 atom stereocenters. The summed E-state index contributed by atoms with van der Waals surface area (Å²) >= 11 is 5.41. The van der Waals surface area contributed by atoms with Gasteiger partial charge in [-0.05, 0) is 30.8 Å². The Hall–Kier alpha value is -1.13. The minimum absolute atomic E-state index is 0.318. The maximum Gasteiger partial charge on any atom is 0.270 e. The molecular weight excluding hydrogens is 226 g/mol. The first-order valence-corrected chi connectivity index (χ1v) is 5.65. The average molecular weight is 240 g/mol. The molecule has 1 aromatic heterocycles. The van der Waals surface area contributed by atoms with Crippen molar-refractivity contribution in [3.05, 3.63) is 23.9 Å². The zero-order valence-corrected chi connectivity index (χ0v) is 9.94. The van der Waals surface area contributed by atoms with Gasteiger partial charge in [0.05, 0.1) is 0 Å². The van der Waals surface area contributed by atoms with Crippen molar-refractivity contribution in [1.29, 1.82) is 0 Å². The largest absolute Gasteiger partial charge is 0.354 e. The highest BCUT2D eigenvalue weighted by molar-refractivity contribution is 6.67. The van der Waals surface area contributed by atoms with Crippen molar-refractivity contribution in [2.45, 2.75) is 0 Å². The van der Waals surface area contributed by atoms with Gasteiger partial charge in [0.2, 0.25) is 0 Å². The predicted molar refractivity (Wildman–Crippen MR) is 64.1 cm³/mol. The Morgan fingerprint density at radius 2 is 2.00 bits per heavy atom. The fourth-order valence-corrected chi connectivity index (χ4v) is 1.85. The first-order valence-electron chi connectivity index (χ1n) is 5.27. The van der Waals surface area contributed by atoms with E-state index in [1.807, 2.05) is 12.1 Å². The van der Waals surface area contributed by atoms with E-state index in [0.717, 1.165) is 32.0 Å². The molecule has 5 heteroatoms. The van der Waals surface area contributed by atoms with E-state index < -0.39 is 5.24 Å². The lowest BCUT2D eigenvalue weighted by molar-refractivity contribution is 0.107. The van der Waals surface area contributed by atoms with Crippen molar-refractivity contribution in [3.8, 4) is 0 Å². The van der Waals surface area contributed by atoms with Crippen LogP contribution in [0.4, 0.5) is 5.82 Å². The van der Waals surface area contributed by atoms with Crippen LogP contribution in [0.25, 0.3) is 0 Å². The summed E-state index contributed by atoms with van der Waals surface area (Å²) in [5.41, 5.74) is 0.318. The van der Waals surface area contributed by atoms with Gasteiger partial charge in [-0.1, -0.05) is 6.07 Å². The number of hydrogen-bond donors (Lipinski definition) is 0. The Bertz CT molecular complexity index is 389. The Labute approximate surface area is 99.8 Å². The van der Waals surface area contributed by atoms with E-state index in [4.69, 9.17) is 11.6 Å². The minimum atomic E-state index is -0.504. The standard InChI is InChI=1S/C11H14ClN3O/c1-14-5-7-15(8-6-14)10-4-2-3-9(13-10)11(12)16/h2-4H,5-8H2,1H3. The molecule has 4 nitrogen and oxygen atoms in total. The topological polar surface area (TPSA) is 36.4 Å². The smallest absolute Gasteiger partial charge is 0.270 e. The van der Waals surface area contributed by atoms with E-state index in [2.05, 4.69) is 21.8 Å². The molecule has 0 spiro atoms. The van der Waals surface area contributed by atoms with E-state index in [1.54, 1.807) is 6.07 Å². The van der Waals surface area contributed by atoms with Gasteiger partial charge in [-0.15, -0.1) is 0 Å². The summed E-state index contributed by atoms with van der Waals surface area (Å²) in [7, 11) is 2.10. The molecule has 0 saturated carbocycles. The van der Waals surface area contributed by atoms with Gasteiger partial charge >= 0.3 is 0 Å². The Morgan fingerprint density at radius 3 is 2.62 bits per heavy atom. The van der Waals surface area contributed by atoms with Crippen LogP contribution in [0.2, 0.25) is 0 Å². The van der Waals surface area contributed by atoms with Crippen molar-refractivity contribution >= 4 is 22.7 Å². The summed E-state index contributed by atoms with van der Waals surface area (Å²) < 4.78 is 0. The molecule has 2 heterocycles. The van der Waals surface area contributed by atoms with Crippen LogP contribution >= 0.6 is 11.6 Å². The van der Waals surface area contributed by atoms with E-state index in [1.165, 1.54) is 0 Å². The van der Waals surface area contributed by atoms with Gasteiger partial charge in [-0.2, -0.15) is 0 Å². The summed E-state index contributed by atoms with van der Waals surface area (Å²) in [5, 5.41) is -0.504. The second kappa shape index (κ2) is 4.80. The van der Waals surface area contributed by atoms with Crippen molar-refractivity contribution in [1.82, 2.24) is 9.88 Å². The summed E-state index contributed by atoms with van der Waals surface area (Å²) in [6.07, 6.45) is 0. The second-order valence-corrected chi connectivity index (χ2v) is 4.29. The second-order valence-electron chi connectivity index (χ2n) is 3.95. The molecule has 0 radical (unpaired) electrons. The van der Waals surface area contributed by atoms with E-state index in [9.17, 15) is 4.79 Å². The third-order valence-electron chi connectivity index (χ3n) is 2.76. The van der Waals surface area contributed by atoms with Gasteiger partial charge in [-0.3, -0.25) is 4.79 Å². The summed E-state index contributed by atoms with van der Waals surface area (Å²) in [5.74, 6) is 0.833. The van der Waals surface area contributed by atoms with Crippen LogP contribution in [-0.2, 0) is 0 Å². The van der Waals surface area contributed by atoms with Crippen molar-refractivity contribution in [3.63, 3.8) is 0 Å². The number of nitrogens with zero attached hydrogens (tertiary/aromatic N) is 3. The molecule has 1 saturated heterocycles. The van der Waals surface area contributed by atoms with Gasteiger partial charge in [0.25, 0.3) is 5.24 Å². The van der Waals surface area contributed by atoms with Gasteiger partial charge in [0, 0.05) is 26.2 Å². The molecule has 1 aliphatic rings. The molecule has 0 unspecified atom stereocenters. The Kier molecular flexibility index (Phi) is 3.41. The Balaban J connectivity index is 2.14. The van der Waals surface area contributed by atoms with E-state index >= 15 is 0 Å². The van der Waals surface area contributed by atoms with Crippen LogP contribution < -0.4 is 4.90 Å². The number of anilines is 1. The number of halogens is 1. The highest BCUT2D eigenvalue weighted by Crippen LogP contribution is 2.14. The Morgan fingerprint density at radius 1 is 1.31 bits per heavy atom. The lowest BCUT2D eigenvalue weighted by atomic mass is 10.3. The summed E-state index contributed by atoms with van der Waals surface area (Å²) in [6.45, 7) is 3.90. The molecular formula is C11H14ClN3O. The maximum atomic E-state index is 11.0. The number of carbonyl (C=O) groups is 1. The lowest BCUT2D eigenvalue weighted by Gasteiger charge is -2.33. The number of likely N-dealkylation sites (N-methyl/N-ethyl adjacent to an activating group) is 1. The number of rotatable bonds is 2. The fourth-order valence-electron chi connectivity index (χ4n) is 1.74. The van der Waals surface area contributed by atoms with Gasteiger partial charge in [-0.25, -0.2) is 4.98 Å². The number of piperazine rings is 1. The molecule has 0 aliphatic carbocycles. The van der Waals surface area contributed by atoms with E-state index in [0.29, 0.717) is 5.69 Å². The highest BCUT2D eigenvalue weighted by Gasteiger charge is 2.16. The van der Waals surface area contributed by atoms with Crippen LogP contribution in [0, 0.1) is 0 Å². The van der Waals surface area contributed by atoms with Gasteiger partial charge in [0.15, 0.2) is 0 Å². The molecule has 16 heavy (non-hydrogen) atoms. The van der Waals surface area contributed by atoms with Crippen molar-refractivity contribution in [2.75, 3.05) is 38.1 Å². The normalized spacial score (nSPS) is 17.5. The van der Waals surface area contributed by atoms with Crippen LogP contribution in [-0.4, -0.2) is 48.4 Å². The maximum absolute atomic E-state index is 11.0. The zero-order valence-electron chi connectivity index (χ0n) is 9.19. The average Bonchev–Trinajstić information content (AvgIpc) is 2.30. The monoisotopic (exact) mass is 239 g/mol. The first-order chi connectivity index (χ1) is 7.66. The molecule has 1 aliphatic heterocycles. The molecule has 86 valence electrons. The molecule has 2 rings (SSSR count). The van der Waals surface area contributed by atoms with Crippen molar-refractivity contribution < 1.29 is 4.79 Å². The fraction of sp³-hybridized carbons (Fsp3) is 0.455. The minimum Gasteiger partial charge on any atom is -0.354 e. The number of carbonyl (C=O) groups excluding carboxylic acids is 1. The lowest BCUT2D eigenvalue weighted by Crippen LogP contribution is -2.44. The van der Waals surface area contributed by atoms with Gasteiger partial charge < -0.3 is 9.80 Å². The van der Waals surface area contributed by atoms with Gasteiger partial charge in [0.1, 0.15) is 11.5 Å². The predicted octanol–water partition coefficient (Wildman–Crippen LogP) is 1.21. The third kappa shape index (κ3) is 2.51. The summed E-state index contributed by atoms with van der Waals surface area (Å²) in [4.78, 5) is 19.7. The third-order valence-corrected chi connectivity index (χ3v) is 2.96. The molecule has 1 aromatic rings. The molecule has 0 bridgehead atoms. The van der Waals surface area contributed by atoms with Crippen molar-refractivity contribution in [2.24, 2.45) is 0 Å². The van der Waals surface area contributed by atoms with E-state index in [-0.39, 0.29) is 0 Å². The summed E-state index contributed by atoms with van der Waals surface area (Å²) in [6, 6.07) is 5.36. The van der Waals surface area contributed by atoms with Crippen LogP contribution in [0.15, 0.2) is 18.2 Å². The van der Waals surface area contributed by atoms with Crippen LogP contribution in [0.5, 0.6) is 0 Å².